The molecule has 0 aromatic carbocycles. The minimum atomic E-state index is -1.18. The number of rotatable bonds is 2. The maximum atomic E-state index is 5.50. The van der Waals surface area contributed by atoms with Crippen LogP contribution in [-0.4, -0.2) is 21.1 Å². The molecule has 0 bridgehead atoms. The van der Waals surface area contributed by atoms with Gasteiger partial charge in [-0.25, -0.2) is 0 Å². The molecule has 1 aliphatic heterocycles. The fraction of sp³-hybridized carbons (Fsp3) is 1.00. The number of hydrogen-bond acceptors (Lipinski definition) is 2. The molecule has 1 N–H and O–H groups in total. The van der Waals surface area contributed by atoms with E-state index in [1.807, 2.05) is 0 Å². The lowest BCUT2D eigenvalue weighted by Gasteiger charge is -2.33. The van der Waals surface area contributed by atoms with Gasteiger partial charge in [0, 0.05) is 0 Å². The van der Waals surface area contributed by atoms with Crippen molar-refractivity contribution in [3.8, 4) is 0 Å². The molecule has 0 aliphatic carbocycles. The molecule has 1 saturated heterocycles. The van der Waals surface area contributed by atoms with E-state index in [0.717, 1.165) is 0 Å². The largest absolute Gasteiger partial charge is 0.283 e. The quantitative estimate of drug-likeness (QED) is 0.532. The van der Waals surface area contributed by atoms with Crippen LogP contribution >= 0.6 is 0 Å². The first-order chi connectivity index (χ1) is 4.71. The second-order valence-corrected chi connectivity index (χ2v) is 16.3. The molecular formula is C7H19NOSi2. The summed E-state index contributed by atoms with van der Waals surface area (Å²) in [6, 6.07) is 0. The molecule has 0 aromatic heterocycles. The first-order valence-corrected chi connectivity index (χ1v) is 11.2. The Hall–Kier alpha value is 0.354. The van der Waals surface area contributed by atoms with E-state index >= 15 is 0 Å². The lowest BCUT2D eigenvalue weighted by molar-refractivity contribution is 0.378. The number of hydrogen-bond donors (Lipinski definition) is 1. The number of hydroxylamine groups is 1. The molecule has 0 aromatic rings. The molecule has 1 fully saturated rings. The van der Waals surface area contributed by atoms with Crippen molar-refractivity contribution in [1.82, 2.24) is 5.48 Å². The van der Waals surface area contributed by atoms with Crippen LogP contribution in [0.1, 0.15) is 0 Å². The van der Waals surface area contributed by atoms with E-state index in [9.17, 15) is 0 Å². The fourth-order valence-corrected chi connectivity index (χ4v) is 12.1. The van der Waals surface area contributed by atoms with Gasteiger partial charge >= 0.3 is 0 Å². The first-order valence-electron chi connectivity index (χ1n) is 4.16. The molecule has 0 spiro atoms. The molecule has 66 valence electrons. The van der Waals surface area contributed by atoms with Gasteiger partial charge < -0.3 is 0 Å². The van der Waals surface area contributed by atoms with Crippen molar-refractivity contribution in [2.24, 2.45) is 0 Å². The van der Waals surface area contributed by atoms with E-state index < -0.39 is 16.1 Å². The van der Waals surface area contributed by atoms with Crippen molar-refractivity contribution >= 4 is 16.1 Å². The van der Waals surface area contributed by atoms with Gasteiger partial charge in [-0.1, -0.05) is 39.3 Å². The van der Waals surface area contributed by atoms with E-state index in [0.29, 0.717) is 0 Å². The Labute approximate surface area is 71.3 Å². The van der Waals surface area contributed by atoms with Crippen LogP contribution in [0.25, 0.3) is 0 Å². The molecule has 1 aliphatic rings. The predicted octanol–water partition coefficient (Wildman–Crippen LogP) is 1.97. The highest BCUT2D eigenvalue weighted by Gasteiger charge is 2.63. The van der Waals surface area contributed by atoms with Crippen LogP contribution in [0.5, 0.6) is 0 Å². The minimum Gasteiger partial charge on any atom is -0.283 e. The molecular weight excluding hydrogens is 170 g/mol. The van der Waals surface area contributed by atoms with Crippen LogP contribution in [0.4, 0.5) is 0 Å². The van der Waals surface area contributed by atoms with Crippen molar-refractivity contribution in [1.29, 1.82) is 0 Å². The monoisotopic (exact) mass is 189 g/mol. The molecule has 0 saturated carbocycles. The second-order valence-electron chi connectivity index (χ2n) is 5.39. The highest BCUT2D eigenvalue weighted by Crippen LogP contribution is 2.39. The van der Waals surface area contributed by atoms with Crippen molar-refractivity contribution in [3.63, 3.8) is 0 Å². The summed E-state index contributed by atoms with van der Waals surface area (Å²) < 4.78 is 0. The maximum absolute atomic E-state index is 5.50. The molecule has 0 unspecified atom stereocenters. The zero-order chi connectivity index (χ0) is 8.91. The molecule has 1 heterocycles. The highest BCUT2D eigenvalue weighted by atomic mass is 28.4. The highest BCUT2D eigenvalue weighted by molar-refractivity contribution is 6.99. The Morgan fingerprint density at radius 3 is 1.18 bits per heavy atom. The lowest BCUT2D eigenvalue weighted by Crippen LogP contribution is -2.59. The molecule has 1 rings (SSSR count). The lowest BCUT2D eigenvalue weighted by atomic mass is 11.4. The van der Waals surface area contributed by atoms with E-state index in [2.05, 4.69) is 44.8 Å². The van der Waals surface area contributed by atoms with Gasteiger partial charge in [0.05, 0.1) is 0 Å². The summed E-state index contributed by atoms with van der Waals surface area (Å²) >= 11 is 0. The summed E-state index contributed by atoms with van der Waals surface area (Å²) in [5.74, 6) is 0. The smallest absolute Gasteiger partial charge is 0.134 e. The van der Waals surface area contributed by atoms with E-state index in [-0.39, 0.29) is 4.97 Å². The minimum absolute atomic E-state index is 0.153. The van der Waals surface area contributed by atoms with Gasteiger partial charge in [-0.3, -0.25) is 4.84 Å². The standard InChI is InChI=1S/C7H19NOSi2/c1-10(2,3)7(8-9-7)11(4,5)6/h8H,1-6H3. The van der Waals surface area contributed by atoms with Crippen LogP contribution in [0.2, 0.25) is 39.3 Å². The Kier molecular flexibility index (Phi) is 1.88. The van der Waals surface area contributed by atoms with Gasteiger partial charge in [-0.2, -0.15) is 5.48 Å². The van der Waals surface area contributed by atoms with Gasteiger partial charge in [0.25, 0.3) is 0 Å². The molecule has 0 amide bonds. The molecule has 4 heteroatoms. The normalized spacial score (nSPS) is 23.5. The van der Waals surface area contributed by atoms with Gasteiger partial charge in [0.15, 0.2) is 0 Å². The van der Waals surface area contributed by atoms with E-state index in [1.54, 1.807) is 0 Å². The molecule has 0 radical (unpaired) electrons. The fourth-order valence-electron chi connectivity index (χ4n) is 1.79. The SMILES string of the molecule is C[Si](C)(C)C1([Si](C)(C)C)NO1. The zero-order valence-electron chi connectivity index (χ0n) is 8.41. The Balaban J connectivity index is 2.85. The zero-order valence-corrected chi connectivity index (χ0v) is 10.4. The molecule has 11 heavy (non-hydrogen) atoms. The Morgan fingerprint density at radius 1 is 0.909 bits per heavy atom. The van der Waals surface area contributed by atoms with Crippen LogP contribution < -0.4 is 5.48 Å². The average molecular weight is 189 g/mol. The Morgan fingerprint density at radius 2 is 1.18 bits per heavy atom. The average Bonchev–Trinajstić information content (AvgIpc) is 2.31. The van der Waals surface area contributed by atoms with Gasteiger partial charge in [0.1, 0.15) is 21.1 Å². The van der Waals surface area contributed by atoms with Crippen LogP contribution in [0, 0.1) is 0 Å². The summed E-state index contributed by atoms with van der Waals surface area (Å²) in [6.07, 6.45) is 0. The van der Waals surface area contributed by atoms with Gasteiger partial charge in [-0.05, 0) is 0 Å². The van der Waals surface area contributed by atoms with Crippen molar-refractivity contribution in [3.05, 3.63) is 0 Å². The third-order valence-corrected chi connectivity index (χ3v) is 11.6. The van der Waals surface area contributed by atoms with E-state index in [1.165, 1.54) is 0 Å². The summed E-state index contributed by atoms with van der Waals surface area (Å²) in [4.78, 5) is 5.65. The van der Waals surface area contributed by atoms with Crippen LogP contribution in [0.15, 0.2) is 0 Å². The van der Waals surface area contributed by atoms with Crippen LogP contribution in [-0.2, 0) is 4.84 Å². The first kappa shape index (κ1) is 9.44. The van der Waals surface area contributed by atoms with Crippen molar-refractivity contribution in [2.75, 3.05) is 0 Å². The van der Waals surface area contributed by atoms with Gasteiger partial charge in [-0.15, -0.1) is 0 Å². The third-order valence-electron chi connectivity index (χ3n) is 2.42. The maximum Gasteiger partial charge on any atom is 0.134 e. The van der Waals surface area contributed by atoms with Crippen molar-refractivity contribution < 1.29 is 4.84 Å². The van der Waals surface area contributed by atoms with Gasteiger partial charge in [0.2, 0.25) is 0 Å². The molecule has 2 nitrogen and oxygen atoms in total. The van der Waals surface area contributed by atoms with Crippen molar-refractivity contribution in [2.45, 2.75) is 44.3 Å². The summed E-state index contributed by atoms with van der Waals surface area (Å²) in [7, 11) is -2.36. The second kappa shape index (κ2) is 2.19. The topological polar surface area (TPSA) is 34.5 Å². The summed E-state index contributed by atoms with van der Waals surface area (Å²) in [6.45, 7) is 14.2. The van der Waals surface area contributed by atoms with Crippen LogP contribution in [0.3, 0.4) is 0 Å². The summed E-state index contributed by atoms with van der Waals surface area (Å²) in [5, 5.41) is 0. The molecule has 0 atom stereocenters. The number of nitrogens with one attached hydrogen (secondary N) is 1. The summed E-state index contributed by atoms with van der Waals surface area (Å²) in [5.41, 5.74) is 3.15. The van der Waals surface area contributed by atoms with E-state index in [4.69, 9.17) is 4.84 Å². The predicted molar refractivity (Wildman–Crippen MR) is 53.6 cm³/mol. The Bertz CT molecular complexity index is 148. The third kappa shape index (κ3) is 1.32.